The number of pyridine rings is 1. The molecule has 1 atom stereocenters. The minimum atomic E-state index is -0.675. The third-order valence-electron chi connectivity index (χ3n) is 3.05. The molecule has 0 unspecified atom stereocenters. The second-order valence-electron chi connectivity index (χ2n) is 4.40. The van der Waals surface area contributed by atoms with E-state index in [9.17, 15) is 4.79 Å². The van der Waals surface area contributed by atoms with Crippen molar-refractivity contribution in [2.75, 3.05) is 13.1 Å². The lowest BCUT2D eigenvalue weighted by Gasteiger charge is -2.30. The van der Waals surface area contributed by atoms with Gasteiger partial charge in [-0.2, -0.15) is 0 Å². The Morgan fingerprint density at radius 3 is 3.18 bits per heavy atom. The SMILES string of the molecule is O=C(O)[C@H]1CCCN(Cc2ccnc(Br)c2)C1. The molecule has 0 aromatic carbocycles. The quantitative estimate of drug-likeness (QED) is 0.869. The van der Waals surface area contributed by atoms with Crippen LogP contribution in [0.5, 0.6) is 0 Å². The van der Waals surface area contributed by atoms with E-state index in [0.29, 0.717) is 6.54 Å². The van der Waals surface area contributed by atoms with E-state index < -0.39 is 5.97 Å². The summed E-state index contributed by atoms with van der Waals surface area (Å²) in [5.74, 6) is -0.889. The van der Waals surface area contributed by atoms with Crippen LogP contribution in [-0.4, -0.2) is 34.0 Å². The Hall–Kier alpha value is -0.940. The zero-order valence-corrected chi connectivity index (χ0v) is 11.1. The first kappa shape index (κ1) is 12.5. The Balaban J connectivity index is 1.97. The summed E-state index contributed by atoms with van der Waals surface area (Å²) < 4.78 is 0.821. The number of halogens is 1. The van der Waals surface area contributed by atoms with Crippen LogP contribution in [0.25, 0.3) is 0 Å². The van der Waals surface area contributed by atoms with Gasteiger partial charge in [-0.1, -0.05) is 0 Å². The summed E-state index contributed by atoms with van der Waals surface area (Å²) >= 11 is 3.34. The molecule has 0 amide bonds. The van der Waals surface area contributed by atoms with E-state index in [1.54, 1.807) is 6.20 Å². The standard InChI is InChI=1S/C12H15BrN2O2/c13-11-6-9(3-4-14-11)7-15-5-1-2-10(8-15)12(16)17/h3-4,6,10H,1-2,5,7-8H2,(H,16,17)/t10-/m0/s1. The topological polar surface area (TPSA) is 53.4 Å². The first-order valence-electron chi connectivity index (χ1n) is 5.71. The molecule has 0 bridgehead atoms. The van der Waals surface area contributed by atoms with Crippen LogP contribution in [0.1, 0.15) is 18.4 Å². The van der Waals surface area contributed by atoms with E-state index in [4.69, 9.17) is 5.11 Å². The van der Waals surface area contributed by atoms with Gasteiger partial charge in [-0.15, -0.1) is 0 Å². The first-order chi connectivity index (χ1) is 8.15. The highest BCUT2D eigenvalue weighted by Gasteiger charge is 2.25. The Bertz CT molecular complexity index is 411. The number of hydrogen-bond donors (Lipinski definition) is 1. The van der Waals surface area contributed by atoms with Crippen molar-refractivity contribution in [1.29, 1.82) is 0 Å². The van der Waals surface area contributed by atoms with Crippen molar-refractivity contribution in [3.8, 4) is 0 Å². The number of aliphatic carboxylic acids is 1. The van der Waals surface area contributed by atoms with E-state index >= 15 is 0 Å². The van der Waals surface area contributed by atoms with Crippen LogP contribution < -0.4 is 0 Å². The summed E-state index contributed by atoms with van der Waals surface area (Å²) in [6, 6.07) is 3.94. The Morgan fingerprint density at radius 2 is 2.47 bits per heavy atom. The molecular weight excluding hydrogens is 284 g/mol. The number of carboxylic acid groups (broad SMARTS) is 1. The number of piperidine rings is 1. The molecule has 4 nitrogen and oxygen atoms in total. The van der Waals surface area contributed by atoms with Crippen LogP contribution in [0, 0.1) is 5.92 Å². The molecule has 2 rings (SSSR count). The molecule has 5 heteroatoms. The lowest BCUT2D eigenvalue weighted by Crippen LogP contribution is -2.38. The normalized spacial score (nSPS) is 21.4. The van der Waals surface area contributed by atoms with Crippen LogP contribution in [-0.2, 0) is 11.3 Å². The van der Waals surface area contributed by atoms with Crippen molar-refractivity contribution in [3.63, 3.8) is 0 Å². The van der Waals surface area contributed by atoms with E-state index in [-0.39, 0.29) is 5.92 Å². The molecule has 17 heavy (non-hydrogen) atoms. The third-order valence-corrected chi connectivity index (χ3v) is 3.49. The highest BCUT2D eigenvalue weighted by atomic mass is 79.9. The molecule has 1 fully saturated rings. The van der Waals surface area contributed by atoms with Crippen molar-refractivity contribution >= 4 is 21.9 Å². The molecule has 0 aliphatic carbocycles. The van der Waals surface area contributed by atoms with Gasteiger partial charge in [0.25, 0.3) is 0 Å². The summed E-state index contributed by atoms with van der Waals surface area (Å²) in [6.45, 7) is 2.42. The maximum atomic E-state index is 11.0. The fourth-order valence-electron chi connectivity index (χ4n) is 2.20. The fraction of sp³-hybridized carbons (Fsp3) is 0.500. The Kier molecular flexibility index (Phi) is 4.12. The van der Waals surface area contributed by atoms with Gasteiger partial charge in [0, 0.05) is 19.3 Å². The average Bonchev–Trinajstić information content (AvgIpc) is 2.29. The molecule has 1 N–H and O–H groups in total. The minimum Gasteiger partial charge on any atom is -0.481 e. The van der Waals surface area contributed by atoms with Gasteiger partial charge >= 0.3 is 5.97 Å². The van der Waals surface area contributed by atoms with Gasteiger partial charge in [-0.05, 0) is 53.0 Å². The van der Waals surface area contributed by atoms with E-state index in [0.717, 1.165) is 36.1 Å². The van der Waals surface area contributed by atoms with Gasteiger partial charge in [-0.25, -0.2) is 4.98 Å². The van der Waals surface area contributed by atoms with Gasteiger partial charge in [0.1, 0.15) is 4.60 Å². The Labute approximate surface area is 109 Å². The lowest BCUT2D eigenvalue weighted by molar-refractivity contribution is -0.143. The van der Waals surface area contributed by atoms with Crippen LogP contribution in [0.4, 0.5) is 0 Å². The number of rotatable bonds is 3. The number of aromatic nitrogens is 1. The van der Waals surface area contributed by atoms with Crippen LogP contribution in [0.3, 0.4) is 0 Å². The first-order valence-corrected chi connectivity index (χ1v) is 6.50. The molecule has 2 heterocycles. The second kappa shape index (κ2) is 5.60. The number of carboxylic acids is 1. The highest BCUT2D eigenvalue weighted by Crippen LogP contribution is 2.19. The van der Waals surface area contributed by atoms with Crippen molar-refractivity contribution in [2.24, 2.45) is 5.92 Å². The largest absolute Gasteiger partial charge is 0.481 e. The molecule has 0 radical (unpaired) electrons. The van der Waals surface area contributed by atoms with Crippen molar-refractivity contribution in [2.45, 2.75) is 19.4 Å². The molecule has 92 valence electrons. The van der Waals surface area contributed by atoms with Crippen molar-refractivity contribution in [3.05, 3.63) is 28.5 Å². The number of carbonyl (C=O) groups is 1. The molecule has 0 spiro atoms. The van der Waals surface area contributed by atoms with Gasteiger partial charge in [0.15, 0.2) is 0 Å². The molecule has 1 aromatic heterocycles. The fourth-order valence-corrected chi connectivity index (χ4v) is 2.61. The van der Waals surface area contributed by atoms with Crippen molar-refractivity contribution in [1.82, 2.24) is 9.88 Å². The molecule has 1 aliphatic heterocycles. The van der Waals surface area contributed by atoms with Gasteiger partial charge in [-0.3, -0.25) is 9.69 Å². The summed E-state index contributed by atoms with van der Waals surface area (Å²) in [4.78, 5) is 17.2. The van der Waals surface area contributed by atoms with Gasteiger partial charge in [0.05, 0.1) is 5.92 Å². The van der Waals surface area contributed by atoms with Crippen LogP contribution in [0.2, 0.25) is 0 Å². The average molecular weight is 299 g/mol. The van der Waals surface area contributed by atoms with E-state index in [1.807, 2.05) is 12.1 Å². The van der Waals surface area contributed by atoms with Crippen LogP contribution >= 0.6 is 15.9 Å². The zero-order chi connectivity index (χ0) is 12.3. The summed E-state index contributed by atoms with van der Waals surface area (Å²) in [7, 11) is 0. The van der Waals surface area contributed by atoms with Gasteiger partial charge in [0.2, 0.25) is 0 Å². The molecular formula is C12H15BrN2O2. The summed E-state index contributed by atoms with van der Waals surface area (Å²) in [6.07, 6.45) is 3.52. The number of nitrogens with zero attached hydrogens (tertiary/aromatic N) is 2. The minimum absolute atomic E-state index is 0.214. The maximum Gasteiger partial charge on any atom is 0.307 e. The molecule has 1 aromatic rings. The number of likely N-dealkylation sites (tertiary alicyclic amines) is 1. The summed E-state index contributed by atoms with van der Waals surface area (Å²) in [5, 5.41) is 9.02. The number of hydrogen-bond acceptors (Lipinski definition) is 3. The predicted octanol–water partition coefficient (Wildman–Crippen LogP) is 2.14. The van der Waals surface area contributed by atoms with E-state index in [2.05, 4.69) is 25.8 Å². The zero-order valence-electron chi connectivity index (χ0n) is 9.47. The lowest BCUT2D eigenvalue weighted by atomic mass is 9.98. The smallest absolute Gasteiger partial charge is 0.307 e. The highest BCUT2D eigenvalue weighted by molar-refractivity contribution is 9.10. The Morgan fingerprint density at radius 1 is 1.65 bits per heavy atom. The summed E-state index contributed by atoms with van der Waals surface area (Å²) in [5.41, 5.74) is 1.16. The maximum absolute atomic E-state index is 11.0. The predicted molar refractivity (Wildman–Crippen MR) is 67.6 cm³/mol. The van der Waals surface area contributed by atoms with Crippen molar-refractivity contribution < 1.29 is 9.90 Å². The van der Waals surface area contributed by atoms with E-state index in [1.165, 1.54) is 0 Å². The monoisotopic (exact) mass is 298 g/mol. The third kappa shape index (κ3) is 3.51. The molecule has 1 aliphatic rings. The van der Waals surface area contributed by atoms with Gasteiger partial charge < -0.3 is 5.11 Å². The second-order valence-corrected chi connectivity index (χ2v) is 5.21. The molecule has 0 saturated carbocycles. The molecule has 1 saturated heterocycles. The van der Waals surface area contributed by atoms with Crippen LogP contribution in [0.15, 0.2) is 22.9 Å².